The van der Waals surface area contributed by atoms with Gasteiger partial charge in [0.2, 0.25) is 5.91 Å². The number of carbonyl (C=O) groups excluding carboxylic acids is 1. The van der Waals surface area contributed by atoms with E-state index in [9.17, 15) is 22.8 Å². The van der Waals surface area contributed by atoms with Gasteiger partial charge in [0.1, 0.15) is 5.82 Å². The SMILES string of the molecule is CC1(C)C[C@@H](n2[nH]c(=O)c3c2NC(=O)CS[C@@H]3c2cc(F)c(F)c(F)c2)CCO1. The summed E-state index contributed by atoms with van der Waals surface area (Å²) in [7, 11) is 0. The first kappa shape index (κ1) is 20.1. The number of anilines is 1. The van der Waals surface area contributed by atoms with Gasteiger partial charge in [-0.25, -0.2) is 13.2 Å². The minimum absolute atomic E-state index is 0.0152. The summed E-state index contributed by atoms with van der Waals surface area (Å²) in [4.78, 5) is 25.1. The Hall–Kier alpha value is -2.20. The van der Waals surface area contributed by atoms with Crippen molar-refractivity contribution in [1.29, 1.82) is 0 Å². The highest BCUT2D eigenvalue weighted by Crippen LogP contribution is 2.42. The Balaban J connectivity index is 1.83. The van der Waals surface area contributed by atoms with Crippen molar-refractivity contribution in [2.75, 3.05) is 17.7 Å². The van der Waals surface area contributed by atoms with Crippen molar-refractivity contribution < 1.29 is 22.7 Å². The number of nitrogens with one attached hydrogen (secondary N) is 2. The third-order valence-corrected chi connectivity index (χ3v) is 6.48. The van der Waals surface area contributed by atoms with Crippen LogP contribution in [0.4, 0.5) is 19.0 Å². The Morgan fingerprint density at radius 3 is 2.55 bits per heavy atom. The number of amides is 1. The number of H-pyrrole nitrogens is 1. The Bertz CT molecular complexity index is 1010. The van der Waals surface area contributed by atoms with Gasteiger partial charge >= 0.3 is 0 Å². The first-order valence-corrected chi connectivity index (χ1v) is 10.3. The van der Waals surface area contributed by atoms with Crippen LogP contribution in [-0.4, -0.2) is 33.6 Å². The molecule has 1 fully saturated rings. The molecule has 3 heterocycles. The molecular formula is C19H20F3N3O3S. The quantitative estimate of drug-likeness (QED) is 0.720. The summed E-state index contributed by atoms with van der Waals surface area (Å²) in [6, 6.07) is 1.61. The summed E-state index contributed by atoms with van der Waals surface area (Å²) in [6.07, 6.45) is 1.24. The maximum absolute atomic E-state index is 13.8. The van der Waals surface area contributed by atoms with Crippen LogP contribution in [0, 0.1) is 17.5 Å². The number of aromatic nitrogens is 2. The number of aromatic amines is 1. The summed E-state index contributed by atoms with van der Waals surface area (Å²) in [5.41, 5.74) is -0.590. The van der Waals surface area contributed by atoms with E-state index in [1.807, 2.05) is 13.8 Å². The number of rotatable bonds is 2. The van der Waals surface area contributed by atoms with E-state index in [2.05, 4.69) is 10.4 Å². The summed E-state index contributed by atoms with van der Waals surface area (Å²) < 4.78 is 48.4. The molecule has 0 aliphatic carbocycles. The zero-order valence-electron chi connectivity index (χ0n) is 15.9. The summed E-state index contributed by atoms with van der Waals surface area (Å²) in [5.74, 6) is -4.32. The molecule has 6 nitrogen and oxygen atoms in total. The van der Waals surface area contributed by atoms with Crippen molar-refractivity contribution in [1.82, 2.24) is 9.78 Å². The smallest absolute Gasteiger partial charge is 0.270 e. The fraction of sp³-hybridized carbons (Fsp3) is 0.474. The number of hydrogen-bond donors (Lipinski definition) is 2. The van der Waals surface area contributed by atoms with Crippen LogP contribution in [0.25, 0.3) is 0 Å². The Kier molecular flexibility index (Phi) is 5.02. The fourth-order valence-corrected chi connectivity index (χ4v) is 5.03. The first-order chi connectivity index (χ1) is 13.7. The Morgan fingerprint density at radius 2 is 1.90 bits per heavy atom. The molecule has 0 spiro atoms. The highest BCUT2D eigenvalue weighted by Gasteiger charge is 2.36. The van der Waals surface area contributed by atoms with Crippen LogP contribution < -0.4 is 10.9 Å². The van der Waals surface area contributed by atoms with Crippen LogP contribution in [0.5, 0.6) is 0 Å². The standard InChI is InChI=1S/C19H20F3N3O3S/c1-19(2)7-10(3-4-28-19)25-17-14(18(27)24-25)16(29-8-13(26)23-17)9-5-11(20)15(22)12(21)6-9/h5-6,10,16H,3-4,7-8H2,1-2H3,(H,23,26)(H,24,27)/t10-,16+/m0/s1. The average molecular weight is 427 g/mol. The third-order valence-electron chi connectivity index (χ3n) is 5.21. The molecule has 2 N–H and O–H groups in total. The number of hydrogen-bond acceptors (Lipinski definition) is 4. The molecule has 2 aliphatic heterocycles. The van der Waals surface area contributed by atoms with Crippen LogP contribution in [0.1, 0.15) is 49.1 Å². The van der Waals surface area contributed by atoms with Gasteiger partial charge in [0, 0.05) is 6.61 Å². The van der Waals surface area contributed by atoms with E-state index in [4.69, 9.17) is 4.74 Å². The minimum atomic E-state index is -1.57. The third kappa shape index (κ3) is 3.71. The molecule has 2 aromatic rings. The molecule has 0 radical (unpaired) electrons. The number of carbonyl (C=O) groups is 1. The van der Waals surface area contributed by atoms with Crippen molar-refractivity contribution in [3.05, 3.63) is 51.1 Å². The van der Waals surface area contributed by atoms with Crippen molar-refractivity contribution in [3.8, 4) is 0 Å². The molecular weight excluding hydrogens is 407 g/mol. The number of ether oxygens (including phenoxy) is 1. The first-order valence-electron chi connectivity index (χ1n) is 9.20. The number of nitrogens with zero attached hydrogens (tertiary/aromatic N) is 1. The molecule has 29 heavy (non-hydrogen) atoms. The molecule has 4 rings (SSSR count). The van der Waals surface area contributed by atoms with Gasteiger partial charge in [-0.3, -0.25) is 19.4 Å². The van der Waals surface area contributed by atoms with E-state index >= 15 is 0 Å². The van der Waals surface area contributed by atoms with Gasteiger partial charge in [-0.2, -0.15) is 0 Å². The Morgan fingerprint density at radius 1 is 1.21 bits per heavy atom. The van der Waals surface area contributed by atoms with E-state index < -0.39 is 33.9 Å². The second kappa shape index (κ2) is 7.24. The predicted molar refractivity (Wildman–Crippen MR) is 103 cm³/mol. The lowest BCUT2D eigenvalue weighted by Crippen LogP contribution is -2.36. The molecule has 156 valence electrons. The maximum atomic E-state index is 13.8. The minimum Gasteiger partial charge on any atom is -0.375 e. The van der Waals surface area contributed by atoms with Gasteiger partial charge in [0.15, 0.2) is 17.5 Å². The van der Waals surface area contributed by atoms with E-state index in [1.54, 1.807) is 4.68 Å². The van der Waals surface area contributed by atoms with Crippen molar-refractivity contribution in [2.45, 2.75) is 43.6 Å². The molecule has 0 unspecified atom stereocenters. The van der Waals surface area contributed by atoms with E-state index in [-0.39, 0.29) is 34.6 Å². The highest BCUT2D eigenvalue weighted by atomic mass is 32.2. The second-order valence-corrected chi connectivity index (χ2v) is 8.96. The zero-order valence-corrected chi connectivity index (χ0v) is 16.7. The van der Waals surface area contributed by atoms with Crippen LogP contribution in [-0.2, 0) is 9.53 Å². The van der Waals surface area contributed by atoms with Crippen LogP contribution in [0.2, 0.25) is 0 Å². The molecule has 1 aromatic heterocycles. The van der Waals surface area contributed by atoms with Crippen molar-refractivity contribution in [2.24, 2.45) is 0 Å². The topological polar surface area (TPSA) is 76.1 Å². The molecule has 1 amide bonds. The normalized spacial score (nSPS) is 24.0. The maximum Gasteiger partial charge on any atom is 0.270 e. The van der Waals surface area contributed by atoms with E-state index in [0.717, 1.165) is 23.9 Å². The number of fused-ring (bicyclic) bond motifs is 1. The molecule has 0 saturated carbocycles. The summed E-state index contributed by atoms with van der Waals surface area (Å²) >= 11 is 1.06. The van der Waals surface area contributed by atoms with Crippen LogP contribution in [0.3, 0.4) is 0 Å². The van der Waals surface area contributed by atoms with Crippen LogP contribution in [0.15, 0.2) is 16.9 Å². The van der Waals surface area contributed by atoms with Gasteiger partial charge in [0.05, 0.1) is 28.2 Å². The monoisotopic (exact) mass is 427 g/mol. The highest BCUT2D eigenvalue weighted by molar-refractivity contribution is 8.00. The van der Waals surface area contributed by atoms with Gasteiger partial charge in [-0.05, 0) is 44.4 Å². The Labute approximate surface area is 168 Å². The zero-order chi connectivity index (χ0) is 20.9. The lowest BCUT2D eigenvalue weighted by Gasteiger charge is -2.36. The fourth-order valence-electron chi connectivity index (χ4n) is 3.93. The van der Waals surface area contributed by atoms with Gasteiger partial charge in [-0.15, -0.1) is 11.8 Å². The molecule has 1 aromatic carbocycles. The predicted octanol–water partition coefficient (Wildman–Crippen LogP) is 3.50. The lowest BCUT2D eigenvalue weighted by atomic mass is 9.94. The average Bonchev–Trinajstić information content (AvgIpc) is 2.84. The van der Waals surface area contributed by atoms with Crippen molar-refractivity contribution in [3.63, 3.8) is 0 Å². The van der Waals surface area contributed by atoms with E-state index in [1.165, 1.54) is 0 Å². The molecule has 10 heteroatoms. The molecule has 2 aliphatic rings. The molecule has 1 saturated heterocycles. The van der Waals surface area contributed by atoms with Gasteiger partial charge < -0.3 is 10.1 Å². The number of benzene rings is 1. The van der Waals surface area contributed by atoms with E-state index in [0.29, 0.717) is 19.4 Å². The number of thioether (sulfide) groups is 1. The summed E-state index contributed by atoms with van der Waals surface area (Å²) in [6.45, 7) is 4.38. The molecule has 2 atom stereocenters. The second-order valence-electron chi connectivity index (χ2n) is 7.87. The van der Waals surface area contributed by atoms with Gasteiger partial charge in [-0.1, -0.05) is 0 Å². The van der Waals surface area contributed by atoms with Crippen LogP contribution >= 0.6 is 11.8 Å². The summed E-state index contributed by atoms with van der Waals surface area (Å²) in [5, 5.41) is 4.69. The number of halogens is 3. The van der Waals surface area contributed by atoms with Crippen molar-refractivity contribution >= 4 is 23.5 Å². The van der Waals surface area contributed by atoms with Gasteiger partial charge in [0.25, 0.3) is 5.56 Å². The molecule has 0 bridgehead atoms. The lowest BCUT2D eigenvalue weighted by molar-refractivity contribution is -0.113. The largest absolute Gasteiger partial charge is 0.375 e.